The molecule has 1 aliphatic heterocycles. The summed E-state index contributed by atoms with van der Waals surface area (Å²) in [4.78, 5) is 23.5. The molecule has 134 valence electrons. The third-order valence-corrected chi connectivity index (χ3v) is 6.34. The number of aromatic nitrogens is 2. The van der Waals surface area contributed by atoms with Crippen LogP contribution in [-0.4, -0.2) is 27.3 Å². The van der Waals surface area contributed by atoms with Crippen molar-refractivity contribution in [1.29, 1.82) is 0 Å². The van der Waals surface area contributed by atoms with Crippen molar-refractivity contribution in [1.82, 2.24) is 14.9 Å². The molecule has 6 heteroatoms. The number of carbonyl (C=O) groups is 1. The predicted molar refractivity (Wildman–Crippen MR) is 109 cm³/mol. The minimum atomic E-state index is 0.0294. The second-order valence-corrected chi connectivity index (χ2v) is 8.05. The van der Waals surface area contributed by atoms with Crippen LogP contribution in [0.4, 0.5) is 0 Å². The molecule has 0 fully saturated rings. The van der Waals surface area contributed by atoms with E-state index in [4.69, 9.17) is 11.6 Å². The quantitative estimate of drug-likeness (QED) is 0.512. The topological polar surface area (TPSA) is 49.0 Å². The van der Waals surface area contributed by atoms with Gasteiger partial charge in [-0.1, -0.05) is 48.0 Å². The smallest absolute Gasteiger partial charge is 0.265 e. The highest BCUT2D eigenvalue weighted by Crippen LogP contribution is 2.33. The molecule has 0 atom stereocenters. The van der Waals surface area contributed by atoms with Gasteiger partial charge in [-0.05, 0) is 12.1 Å². The second-order valence-electron chi connectivity index (χ2n) is 6.61. The van der Waals surface area contributed by atoms with Crippen LogP contribution in [0.2, 0.25) is 5.02 Å². The first-order valence-corrected chi connectivity index (χ1v) is 9.98. The van der Waals surface area contributed by atoms with Crippen LogP contribution in [-0.2, 0) is 13.0 Å². The molecule has 2 aromatic heterocycles. The summed E-state index contributed by atoms with van der Waals surface area (Å²) in [5, 5.41) is 2.62. The van der Waals surface area contributed by atoms with Crippen LogP contribution in [0.5, 0.6) is 0 Å². The summed E-state index contributed by atoms with van der Waals surface area (Å²) in [5.41, 5.74) is 4.46. The normalized spacial score (nSPS) is 13.7. The molecule has 1 aliphatic rings. The van der Waals surface area contributed by atoms with E-state index in [1.54, 1.807) is 6.20 Å². The van der Waals surface area contributed by atoms with E-state index in [1.165, 1.54) is 28.0 Å². The number of H-pyrrole nitrogens is 1. The lowest BCUT2D eigenvalue weighted by Gasteiger charge is -2.26. The number of fused-ring (bicyclic) bond motifs is 3. The lowest BCUT2D eigenvalue weighted by atomic mass is 10.0. The fraction of sp³-hybridized carbons (Fsp3) is 0.143. The zero-order valence-electron chi connectivity index (χ0n) is 14.4. The molecular weight excluding hydrogens is 378 g/mol. The van der Waals surface area contributed by atoms with Crippen LogP contribution in [0.15, 0.2) is 54.7 Å². The van der Waals surface area contributed by atoms with Gasteiger partial charge in [-0.2, -0.15) is 0 Å². The van der Waals surface area contributed by atoms with Gasteiger partial charge in [0.05, 0.1) is 11.2 Å². The molecule has 5 rings (SSSR count). The van der Waals surface area contributed by atoms with Gasteiger partial charge in [0.2, 0.25) is 0 Å². The number of carbonyl (C=O) groups excluding carboxylic acids is 1. The highest BCUT2D eigenvalue weighted by molar-refractivity contribution is 7.17. The summed E-state index contributed by atoms with van der Waals surface area (Å²) in [5.74, 6) is 0.0294. The number of halogens is 1. The van der Waals surface area contributed by atoms with E-state index in [1.807, 2.05) is 41.3 Å². The molecular formula is C21H16ClN3OS. The number of aromatic amines is 1. The number of nitrogens with zero attached hydrogens (tertiary/aromatic N) is 2. The molecule has 0 unspecified atom stereocenters. The van der Waals surface area contributed by atoms with E-state index in [9.17, 15) is 4.79 Å². The average Bonchev–Trinajstić information content (AvgIpc) is 3.32. The van der Waals surface area contributed by atoms with E-state index in [0.29, 0.717) is 23.0 Å². The highest BCUT2D eigenvalue weighted by Gasteiger charge is 2.26. The SMILES string of the molecule is O=C(c1cnc(-c2ccccc2Cl)s1)N1CCc2[nH]c3ccccc3c2C1. The third-order valence-electron chi connectivity index (χ3n) is 4.99. The number of amides is 1. The molecule has 27 heavy (non-hydrogen) atoms. The van der Waals surface area contributed by atoms with E-state index < -0.39 is 0 Å². The molecule has 0 aliphatic carbocycles. The lowest BCUT2D eigenvalue weighted by Crippen LogP contribution is -2.35. The molecule has 0 radical (unpaired) electrons. The number of benzene rings is 2. The molecule has 0 bridgehead atoms. The summed E-state index contributed by atoms with van der Waals surface area (Å²) >= 11 is 7.66. The highest BCUT2D eigenvalue weighted by atomic mass is 35.5. The fourth-order valence-corrected chi connectivity index (χ4v) is 4.83. The Morgan fingerprint density at radius 1 is 1.15 bits per heavy atom. The van der Waals surface area contributed by atoms with Crippen molar-refractivity contribution in [3.63, 3.8) is 0 Å². The molecule has 0 spiro atoms. The van der Waals surface area contributed by atoms with Crippen LogP contribution in [0.1, 0.15) is 20.9 Å². The monoisotopic (exact) mass is 393 g/mol. The van der Waals surface area contributed by atoms with Crippen LogP contribution in [0, 0.1) is 0 Å². The van der Waals surface area contributed by atoms with Gasteiger partial charge >= 0.3 is 0 Å². The van der Waals surface area contributed by atoms with Gasteiger partial charge in [0.15, 0.2) is 0 Å². The number of hydrogen-bond acceptors (Lipinski definition) is 3. The summed E-state index contributed by atoms with van der Waals surface area (Å²) in [6.45, 7) is 1.33. The summed E-state index contributed by atoms with van der Waals surface area (Å²) in [6, 6.07) is 15.8. The van der Waals surface area contributed by atoms with Gasteiger partial charge in [-0.25, -0.2) is 4.98 Å². The first-order chi connectivity index (χ1) is 13.2. The van der Waals surface area contributed by atoms with Gasteiger partial charge in [0.1, 0.15) is 9.88 Å². The Kier molecular flexibility index (Phi) is 3.99. The van der Waals surface area contributed by atoms with Crippen molar-refractivity contribution in [3.05, 3.63) is 75.9 Å². The van der Waals surface area contributed by atoms with Crippen molar-refractivity contribution in [3.8, 4) is 10.6 Å². The van der Waals surface area contributed by atoms with Crippen LogP contribution in [0.25, 0.3) is 21.5 Å². The third kappa shape index (κ3) is 2.83. The maximum atomic E-state index is 13.1. The zero-order chi connectivity index (χ0) is 18.4. The second kappa shape index (κ2) is 6.51. The Hall–Kier alpha value is -2.63. The van der Waals surface area contributed by atoms with Crippen molar-refractivity contribution in [2.45, 2.75) is 13.0 Å². The van der Waals surface area contributed by atoms with Crippen molar-refractivity contribution >= 4 is 39.7 Å². The number of nitrogens with one attached hydrogen (secondary N) is 1. The van der Waals surface area contributed by atoms with Crippen molar-refractivity contribution < 1.29 is 4.79 Å². The molecule has 2 aromatic carbocycles. The maximum absolute atomic E-state index is 13.1. The Labute approximate surface area is 165 Å². The number of thiazole rings is 1. The molecule has 0 saturated carbocycles. The van der Waals surface area contributed by atoms with Crippen LogP contribution in [0.3, 0.4) is 0 Å². The van der Waals surface area contributed by atoms with Crippen molar-refractivity contribution in [2.24, 2.45) is 0 Å². The largest absolute Gasteiger partial charge is 0.358 e. The fourth-order valence-electron chi connectivity index (χ4n) is 3.63. The molecule has 0 saturated heterocycles. The Morgan fingerprint density at radius 3 is 2.85 bits per heavy atom. The van der Waals surface area contributed by atoms with Gasteiger partial charge < -0.3 is 9.88 Å². The van der Waals surface area contributed by atoms with Crippen molar-refractivity contribution in [2.75, 3.05) is 6.54 Å². The minimum Gasteiger partial charge on any atom is -0.358 e. The Balaban J connectivity index is 1.43. The number of para-hydroxylation sites is 1. The molecule has 4 aromatic rings. The maximum Gasteiger partial charge on any atom is 0.265 e. The molecule has 1 amide bonds. The number of hydrogen-bond donors (Lipinski definition) is 1. The predicted octanol–water partition coefficient (Wildman–Crippen LogP) is 5.14. The Morgan fingerprint density at radius 2 is 1.96 bits per heavy atom. The summed E-state index contributed by atoms with van der Waals surface area (Å²) in [7, 11) is 0. The average molecular weight is 394 g/mol. The Bertz CT molecular complexity index is 1160. The first-order valence-electron chi connectivity index (χ1n) is 8.79. The summed E-state index contributed by atoms with van der Waals surface area (Å²) in [6.07, 6.45) is 2.50. The lowest BCUT2D eigenvalue weighted by molar-refractivity contribution is 0.0740. The van der Waals surface area contributed by atoms with E-state index in [2.05, 4.69) is 22.1 Å². The zero-order valence-corrected chi connectivity index (χ0v) is 16.0. The number of rotatable bonds is 2. The minimum absolute atomic E-state index is 0.0294. The van der Waals surface area contributed by atoms with Crippen LogP contribution < -0.4 is 0 Å². The van der Waals surface area contributed by atoms with Crippen LogP contribution >= 0.6 is 22.9 Å². The van der Waals surface area contributed by atoms with E-state index in [-0.39, 0.29) is 5.91 Å². The molecule has 4 nitrogen and oxygen atoms in total. The van der Waals surface area contributed by atoms with Gasteiger partial charge in [0, 0.05) is 47.2 Å². The van der Waals surface area contributed by atoms with Gasteiger partial charge in [-0.3, -0.25) is 4.79 Å². The first kappa shape index (κ1) is 16.5. The van der Waals surface area contributed by atoms with Gasteiger partial charge in [-0.15, -0.1) is 11.3 Å². The standard InChI is InChI=1S/C21H16ClN3OS/c22-16-7-3-1-6-14(16)20-23-11-19(27-20)21(26)25-10-9-18-15(12-25)13-5-2-4-8-17(13)24-18/h1-8,11,24H,9-10,12H2. The van der Waals surface area contributed by atoms with E-state index in [0.717, 1.165) is 22.5 Å². The van der Waals surface area contributed by atoms with E-state index >= 15 is 0 Å². The van der Waals surface area contributed by atoms with Gasteiger partial charge in [0.25, 0.3) is 5.91 Å². The summed E-state index contributed by atoms with van der Waals surface area (Å²) < 4.78 is 0. The molecule has 3 heterocycles. The molecule has 1 N–H and O–H groups in total.